The highest BCUT2D eigenvalue weighted by molar-refractivity contribution is 5.84. The van der Waals surface area contributed by atoms with Gasteiger partial charge < -0.3 is 10.2 Å². The Morgan fingerprint density at radius 3 is 2.72 bits per heavy atom. The van der Waals surface area contributed by atoms with Crippen LogP contribution in [0.2, 0.25) is 0 Å². The number of nitrogens with one attached hydrogen (secondary N) is 1. The molecule has 96 valence electrons. The van der Waals surface area contributed by atoms with E-state index in [0.29, 0.717) is 6.29 Å². The van der Waals surface area contributed by atoms with Crippen molar-refractivity contribution in [2.45, 2.75) is 0 Å². The molecule has 0 fully saturated rings. The van der Waals surface area contributed by atoms with Gasteiger partial charge in [0.2, 0.25) is 5.91 Å². The highest BCUT2D eigenvalue weighted by atomic mass is 16.6. The van der Waals surface area contributed by atoms with E-state index in [1.165, 1.54) is 30.1 Å². The van der Waals surface area contributed by atoms with Gasteiger partial charge in [0.05, 0.1) is 11.5 Å². The van der Waals surface area contributed by atoms with Crippen LogP contribution in [0.15, 0.2) is 18.2 Å². The Bertz CT molecular complexity index is 487. The molecule has 0 spiro atoms. The smallest absolute Gasteiger partial charge is 0.293 e. The Morgan fingerprint density at radius 2 is 2.22 bits per heavy atom. The second-order valence-corrected chi connectivity index (χ2v) is 3.65. The van der Waals surface area contributed by atoms with Crippen LogP contribution in [-0.4, -0.2) is 37.8 Å². The number of hydrogen-bond donors (Lipinski definition) is 1. The second kappa shape index (κ2) is 5.76. The Balaban J connectivity index is 3.11. The topological polar surface area (TPSA) is 92.6 Å². The van der Waals surface area contributed by atoms with Gasteiger partial charge in [0.1, 0.15) is 12.0 Å². The molecule has 0 aliphatic heterocycles. The highest BCUT2D eigenvalue weighted by Crippen LogP contribution is 2.27. The van der Waals surface area contributed by atoms with Crippen LogP contribution in [0.25, 0.3) is 0 Å². The largest absolute Gasteiger partial charge is 0.360 e. The van der Waals surface area contributed by atoms with Gasteiger partial charge in [-0.15, -0.1) is 0 Å². The fraction of sp³-hybridized carbons (Fsp3) is 0.273. The minimum atomic E-state index is -0.581. The van der Waals surface area contributed by atoms with Crippen LogP contribution in [-0.2, 0) is 4.79 Å². The molecule has 1 aromatic rings. The lowest BCUT2D eigenvalue weighted by Crippen LogP contribution is -2.33. The predicted octanol–water partition coefficient (Wildman–Crippen LogP) is 0.589. The first-order valence-corrected chi connectivity index (χ1v) is 5.15. The van der Waals surface area contributed by atoms with Crippen molar-refractivity contribution < 1.29 is 14.5 Å². The molecule has 7 heteroatoms. The van der Waals surface area contributed by atoms with Gasteiger partial charge in [-0.1, -0.05) is 0 Å². The molecule has 0 aliphatic rings. The second-order valence-electron chi connectivity index (χ2n) is 3.65. The summed E-state index contributed by atoms with van der Waals surface area (Å²) >= 11 is 0. The number of nitrogens with zero attached hydrogens (tertiary/aromatic N) is 2. The molecule has 0 atom stereocenters. The van der Waals surface area contributed by atoms with E-state index in [4.69, 9.17) is 0 Å². The van der Waals surface area contributed by atoms with Gasteiger partial charge >= 0.3 is 0 Å². The fourth-order valence-electron chi connectivity index (χ4n) is 1.46. The van der Waals surface area contributed by atoms with E-state index in [-0.39, 0.29) is 29.4 Å². The van der Waals surface area contributed by atoms with E-state index in [9.17, 15) is 19.7 Å². The summed E-state index contributed by atoms with van der Waals surface area (Å²) in [6.45, 7) is -0.00221. The maximum atomic E-state index is 11.2. The zero-order chi connectivity index (χ0) is 13.7. The van der Waals surface area contributed by atoms with Crippen LogP contribution >= 0.6 is 0 Å². The number of carbonyl (C=O) groups excluding carboxylic acids is 2. The first-order chi connectivity index (χ1) is 8.49. The van der Waals surface area contributed by atoms with Gasteiger partial charge in [0, 0.05) is 25.7 Å². The number of amides is 1. The molecule has 7 nitrogen and oxygen atoms in total. The molecule has 0 heterocycles. The fourth-order valence-corrected chi connectivity index (χ4v) is 1.46. The number of rotatable bonds is 5. The van der Waals surface area contributed by atoms with Crippen LogP contribution in [0.1, 0.15) is 10.4 Å². The minimum Gasteiger partial charge on any atom is -0.360 e. The molecule has 0 aliphatic carbocycles. The predicted molar refractivity (Wildman–Crippen MR) is 65.8 cm³/mol. The molecule has 0 radical (unpaired) electrons. The molecular formula is C11H13N3O4. The number of aldehydes is 1. The van der Waals surface area contributed by atoms with Gasteiger partial charge in [-0.2, -0.15) is 0 Å². The summed E-state index contributed by atoms with van der Waals surface area (Å²) in [5.74, 6) is -0.258. The average Bonchev–Trinajstić information content (AvgIpc) is 2.37. The van der Waals surface area contributed by atoms with Crippen molar-refractivity contribution in [3.8, 4) is 0 Å². The summed E-state index contributed by atoms with van der Waals surface area (Å²) in [5, 5.41) is 13.3. The quantitative estimate of drug-likeness (QED) is 0.469. The van der Waals surface area contributed by atoms with E-state index in [1.807, 2.05) is 0 Å². The normalized spacial score (nSPS) is 9.67. The first-order valence-electron chi connectivity index (χ1n) is 5.15. The number of nitro groups is 1. The van der Waals surface area contributed by atoms with Gasteiger partial charge in [-0.25, -0.2) is 0 Å². The molecule has 1 rings (SSSR count). The molecule has 1 N–H and O–H groups in total. The lowest BCUT2D eigenvalue weighted by molar-refractivity contribution is -0.384. The monoisotopic (exact) mass is 251 g/mol. The number of likely N-dealkylation sites (N-methyl/N-ethyl adjacent to an activating group) is 2. The maximum Gasteiger partial charge on any atom is 0.293 e. The van der Waals surface area contributed by atoms with E-state index in [1.54, 1.807) is 7.05 Å². The summed E-state index contributed by atoms with van der Waals surface area (Å²) in [6, 6.07) is 4.10. The van der Waals surface area contributed by atoms with Crippen molar-refractivity contribution in [3.63, 3.8) is 0 Å². The minimum absolute atomic E-state index is 0.00221. The molecule has 0 saturated carbocycles. The molecule has 0 aromatic heterocycles. The third kappa shape index (κ3) is 3.03. The number of carbonyl (C=O) groups is 2. The van der Waals surface area contributed by atoms with Gasteiger partial charge in [-0.05, 0) is 12.1 Å². The van der Waals surface area contributed by atoms with Crippen molar-refractivity contribution in [1.29, 1.82) is 0 Å². The number of anilines is 1. The lowest BCUT2D eigenvalue weighted by atomic mass is 10.1. The number of hydrogen-bond acceptors (Lipinski definition) is 5. The Kier molecular flexibility index (Phi) is 4.36. The van der Waals surface area contributed by atoms with Crippen LogP contribution < -0.4 is 10.2 Å². The van der Waals surface area contributed by atoms with Crippen LogP contribution in [0.3, 0.4) is 0 Å². The Morgan fingerprint density at radius 1 is 1.56 bits per heavy atom. The molecular weight excluding hydrogens is 238 g/mol. The van der Waals surface area contributed by atoms with Crippen molar-refractivity contribution in [1.82, 2.24) is 5.32 Å². The molecule has 0 unspecified atom stereocenters. The zero-order valence-electron chi connectivity index (χ0n) is 10.0. The first kappa shape index (κ1) is 13.6. The zero-order valence-corrected chi connectivity index (χ0v) is 10.0. The summed E-state index contributed by atoms with van der Waals surface area (Å²) in [7, 11) is 3.05. The molecule has 18 heavy (non-hydrogen) atoms. The number of nitro benzene ring substituents is 1. The van der Waals surface area contributed by atoms with E-state index in [2.05, 4.69) is 5.32 Å². The summed E-state index contributed by atoms with van der Waals surface area (Å²) < 4.78 is 0. The highest BCUT2D eigenvalue weighted by Gasteiger charge is 2.19. The summed E-state index contributed by atoms with van der Waals surface area (Å²) in [5.41, 5.74) is 0.305. The van der Waals surface area contributed by atoms with E-state index in [0.717, 1.165) is 0 Å². The number of benzene rings is 1. The van der Waals surface area contributed by atoms with E-state index >= 15 is 0 Å². The third-order valence-electron chi connectivity index (χ3n) is 2.40. The molecule has 0 bridgehead atoms. The van der Waals surface area contributed by atoms with Crippen molar-refractivity contribution in [3.05, 3.63) is 33.9 Å². The van der Waals surface area contributed by atoms with Crippen molar-refractivity contribution in [2.24, 2.45) is 0 Å². The van der Waals surface area contributed by atoms with Crippen LogP contribution in [0, 0.1) is 10.1 Å². The SMILES string of the molecule is CNC(=O)CN(C)c1ccc(C=O)cc1[N+](=O)[O-]. The molecule has 1 amide bonds. The summed E-state index contributed by atoms with van der Waals surface area (Å²) in [4.78, 5) is 33.6. The standard InChI is InChI=1S/C11H13N3O4/c1-12-11(16)6-13(2)9-4-3-8(7-15)5-10(9)14(17)18/h3-5,7H,6H2,1-2H3,(H,12,16). The molecule has 1 aromatic carbocycles. The maximum absolute atomic E-state index is 11.2. The average molecular weight is 251 g/mol. The molecule has 0 saturated heterocycles. The van der Waals surface area contributed by atoms with Gasteiger partial charge in [0.15, 0.2) is 0 Å². The van der Waals surface area contributed by atoms with Gasteiger partial charge in [-0.3, -0.25) is 19.7 Å². The van der Waals surface area contributed by atoms with Gasteiger partial charge in [0.25, 0.3) is 5.69 Å². The van der Waals surface area contributed by atoms with E-state index < -0.39 is 4.92 Å². The van der Waals surface area contributed by atoms with Crippen molar-refractivity contribution in [2.75, 3.05) is 25.5 Å². The van der Waals surface area contributed by atoms with Crippen LogP contribution in [0.4, 0.5) is 11.4 Å². The van der Waals surface area contributed by atoms with Crippen molar-refractivity contribution >= 4 is 23.6 Å². The van der Waals surface area contributed by atoms with Crippen LogP contribution in [0.5, 0.6) is 0 Å². The Hall–Kier alpha value is -2.44. The summed E-state index contributed by atoms with van der Waals surface area (Å²) in [6.07, 6.45) is 0.537. The Labute approximate surface area is 104 Å². The third-order valence-corrected chi connectivity index (χ3v) is 2.40. The lowest BCUT2D eigenvalue weighted by Gasteiger charge is -2.18.